The first-order valence-electron chi connectivity index (χ1n) is 6.73. The molecule has 1 heterocycles. The summed E-state index contributed by atoms with van der Waals surface area (Å²) >= 11 is 1.49. The van der Waals surface area contributed by atoms with Crippen molar-refractivity contribution in [2.75, 3.05) is 6.54 Å². The van der Waals surface area contributed by atoms with E-state index in [2.05, 4.69) is 53.9 Å². The molecule has 102 valence electrons. The predicted octanol–water partition coefficient (Wildman–Crippen LogP) is 3.55. The normalized spacial score (nSPS) is 12.6. The van der Waals surface area contributed by atoms with Gasteiger partial charge in [-0.2, -0.15) is 0 Å². The van der Waals surface area contributed by atoms with Crippen LogP contribution in [-0.4, -0.2) is 16.1 Å². The molecule has 4 heteroatoms. The zero-order chi connectivity index (χ0) is 13.8. The molecule has 0 saturated heterocycles. The second-order valence-corrected chi connectivity index (χ2v) is 5.68. The number of rotatable bonds is 5. The Labute approximate surface area is 119 Å². The first kappa shape index (κ1) is 14.2. The Balaban J connectivity index is 2.43. The van der Waals surface area contributed by atoms with Gasteiger partial charge < -0.3 is 5.32 Å². The zero-order valence-corrected chi connectivity index (χ0v) is 12.8. The summed E-state index contributed by atoms with van der Waals surface area (Å²) in [6.07, 6.45) is 1.12. The molecule has 0 bridgehead atoms. The Morgan fingerprint density at radius 3 is 2.68 bits per heavy atom. The molecular formula is C15H21N3S. The van der Waals surface area contributed by atoms with Gasteiger partial charge in [-0.1, -0.05) is 29.6 Å². The number of nitrogens with zero attached hydrogens (tertiary/aromatic N) is 2. The Morgan fingerprint density at radius 2 is 2.05 bits per heavy atom. The van der Waals surface area contributed by atoms with Gasteiger partial charge in [0, 0.05) is 0 Å². The molecule has 0 aliphatic heterocycles. The quantitative estimate of drug-likeness (QED) is 0.906. The topological polar surface area (TPSA) is 37.8 Å². The lowest BCUT2D eigenvalue weighted by Crippen LogP contribution is -2.24. The number of benzene rings is 1. The summed E-state index contributed by atoms with van der Waals surface area (Å²) in [4.78, 5) is 1.22. The molecule has 1 N–H and O–H groups in total. The first-order valence-corrected chi connectivity index (χ1v) is 7.50. The standard InChI is InChI=1S/C15H21N3S/c1-5-9-16-14(15-12(4)17-18-19-15)13-8-6-7-10(2)11(13)3/h6-8,14,16H,5,9H2,1-4H3. The van der Waals surface area contributed by atoms with E-state index in [4.69, 9.17) is 0 Å². The van der Waals surface area contributed by atoms with Gasteiger partial charge in [-0.3, -0.25) is 0 Å². The minimum absolute atomic E-state index is 0.208. The number of aryl methyl sites for hydroxylation is 2. The van der Waals surface area contributed by atoms with Crippen molar-refractivity contribution in [1.82, 2.24) is 14.9 Å². The predicted molar refractivity (Wildman–Crippen MR) is 80.7 cm³/mol. The number of aromatic nitrogens is 2. The van der Waals surface area contributed by atoms with Crippen LogP contribution in [0.15, 0.2) is 18.2 Å². The lowest BCUT2D eigenvalue weighted by molar-refractivity contribution is 0.600. The summed E-state index contributed by atoms with van der Waals surface area (Å²) in [7, 11) is 0. The molecule has 0 aliphatic carbocycles. The van der Waals surface area contributed by atoms with Crippen molar-refractivity contribution in [2.24, 2.45) is 0 Å². The maximum Gasteiger partial charge on any atom is 0.0776 e. The Morgan fingerprint density at radius 1 is 1.26 bits per heavy atom. The first-order chi connectivity index (χ1) is 9.15. The smallest absolute Gasteiger partial charge is 0.0776 e. The van der Waals surface area contributed by atoms with E-state index in [1.54, 1.807) is 0 Å². The SMILES string of the molecule is CCCNC(c1cccc(C)c1C)c1snnc1C. The van der Waals surface area contributed by atoms with Crippen LogP contribution in [0.25, 0.3) is 0 Å². The highest BCUT2D eigenvalue weighted by molar-refractivity contribution is 7.05. The third-order valence-electron chi connectivity index (χ3n) is 3.50. The van der Waals surface area contributed by atoms with Crippen molar-refractivity contribution in [3.05, 3.63) is 45.5 Å². The fourth-order valence-corrected chi connectivity index (χ4v) is 2.96. The van der Waals surface area contributed by atoms with Gasteiger partial charge in [-0.15, -0.1) is 5.10 Å². The van der Waals surface area contributed by atoms with Crippen LogP contribution in [0, 0.1) is 20.8 Å². The van der Waals surface area contributed by atoms with Crippen LogP contribution in [0.5, 0.6) is 0 Å². The van der Waals surface area contributed by atoms with Crippen LogP contribution in [0.2, 0.25) is 0 Å². The molecule has 2 aromatic rings. The largest absolute Gasteiger partial charge is 0.305 e. The van der Waals surface area contributed by atoms with Crippen molar-refractivity contribution in [3.8, 4) is 0 Å². The number of hydrogen-bond acceptors (Lipinski definition) is 4. The summed E-state index contributed by atoms with van der Waals surface area (Å²) in [6, 6.07) is 6.70. The average Bonchev–Trinajstić information content (AvgIpc) is 2.81. The highest BCUT2D eigenvalue weighted by Gasteiger charge is 2.20. The van der Waals surface area contributed by atoms with E-state index in [1.807, 2.05) is 6.92 Å². The fraction of sp³-hybridized carbons (Fsp3) is 0.467. The fourth-order valence-electron chi connectivity index (χ4n) is 2.22. The van der Waals surface area contributed by atoms with Crippen LogP contribution in [-0.2, 0) is 0 Å². The van der Waals surface area contributed by atoms with Gasteiger partial charge in [0.15, 0.2) is 0 Å². The van der Waals surface area contributed by atoms with E-state index in [9.17, 15) is 0 Å². The minimum Gasteiger partial charge on any atom is -0.305 e. The monoisotopic (exact) mass is 275 g/mol. The van der Waals surface area contributed by atoms with Gasteiger partial charge >= 0.3 is 0 Å². The number of nitrogens with one attached hydrogen (secondary N) is 1. The molecule has 0 amide bonds. The van der Waals surface area contributed by atoms with Crippen LogP contribution in [0.4, 0.5) is 0 Å². The van der Waals surface area contributed by atoms with Crippen LogP contribution in [0.3, 0.4) is 0 Å². The van der Waals surface area contributed by atoms with Crippen molar-refractivity contribution < 1.29 is 0 Å². The Kier molecular flexibility index (Phi) is 4.66. The van der Waals surface area contributed by atoms with Crippen molar-refractivity contribution >= 4 is 11.5 Å². The second-order valence-electron chi connectivity index (χ2n) is 4.90. The van der Waals surface area contributed by atoms with E-state index in [-0.39, 0.29) is 6.04 Å². The van der Waals surface area contributed by atoms with Gasteiger partial charge in [0.1, 0.15) is 0 Å². The molecule has 1 aromatic carbocycles. The Hall–Kier alpha value is -1.26. The Bertz CT molecular complexity index is 548. The van der Waals surface area contributed by atoms with Gasteiger partial charge in [0.25, 0.3) is 0 Å². The number of hydrogen-bond donors (Lipinski definition) is 1. The van der Waals surface area contributed by atoms with Crippen LogP contribution >= 0.6 is 11.5 Å². The van der Waals surface area contributed by atoms with E-state index < -0.39 is 0 Å². The van der Waals surface area contributed by atoms with E-state index in [1.165, 1.54) is 33.1 Å². The summed E-state index contributed by atoms with van der Waals surface area (Å²) in [5, 5.41) is 7.78. The minimum atomic E-state index is 0.208. The molecule has 0 spiro atoms. The molecule has 1 aromatic heterocycles. The highest BCUT2D eigenvalue weighted by Crippen LogP contribution is 2.29. The lowest BCUT2D eigenvalue weighted by Gasteiger charge is -2.20. The average molecular weight is 275 g/mol. The van der Waals surface area contributed by atoms with Crippen LogP contribution in [0.1, 0.15) is 46.6 Å². The molecule has 19 heavy (non-hydrogen) atoms. The van der Waals surface area contributed by atoms with Gasteiger partial charge in [0.2, 0.25) is 0 Å². The maximum atomic E-state index is 4.15. The molecule has 0 radical (unpaired) electrons. The maximum absolute atomic E-state index is 4.15. The van der Waals surface area contributed by atoms with Crippen molar-refractivity contribution in [3.63, 3.8) is 0 Å². The highest BCUT2D eigenvalue weighted by atomic mass is 32.1. The van der Waals surface area contributed by atoms with Crippen LogP contribution < -0.4 is 5.32 Å². The molecular weight excluding hydrogens is 254 g/mol. The summed E-state index contributed by atoms with van der Waals surface area (Å²) in [6.45, 7) is 9.56. The zero-order valence-electron chi connectivity index (χ0n) is 12.0. The van der Waals surface area contributed by atoms with Crippen molar-refractivity contribution in [1.29, 1.82) is 0 Å². The molecule has 2 rings (SSSR count). The van der Waals surface area contributed by atoms with Crippen molar-refractivity contribution in [2.45, 2.75) is 40.2 Å². The molecule has 3 nitrogen and oxygen atoms in total. The van der Waals surface area contributed by atoms with E-state index >= 15 is 0 Å². The van der Waals surface area contributed by atoms with Gasteiger partial charge in [0.05, 0.1) is 16.6 Å². The summed E-state index contributed by atoms with van der Waals surface area (Å²) in [5.41, 5.74) is 5.04. The molecule has 0 saturated carbocycles. The third-order valence-corrected chi connectivity index (χ3v) is 4.40. The molecule has 1 atom stereocenters. The molecule has 0 fully saturated rings. The summed E-state index contributed by atoms with van der Waals surface area (Å²) in [5.74, 6) is 0. The molecule has 0 aliphatic rings. The molecule has 1 unspecified atom stereocenters. The third kappa shape index (κ3) is 3.01. The van der Waals surface area contributed by atoms with Gasteiger partial charge in [-0.25, -0.2) is 0 Å². The summed E-state index contributed by atoms with van der Waals surface area (Å²) < 4.78 is 4.08. The van der Waals surface area contributed by atoms with E-state index in [0.29, 0.717) is 0 Å². The van der Waals surface area contributed by atoms with E-state index in [0.717, 1.165) is 18.7 Å². The lowest BCUT2D eigenvalue weighted by atomic mass is 9.96. The van der Waals surface area contributed by atoms with Gasteiger partial charge in [-0.05, 0) is 62.0 Å². The second kappa shape index (κ2) is 6.26.